The van der Waals surface area contributed by atoms with Crippen LogP contribution < -0.4 is 9.64 Å². The number of halogens is 1. The van der Waals surface area contributed by atoms with Gasteiger partial charge in [0.25, 0.3) is 11.8 Å². The number of benzene rings is 2. The molecule has 31 heavy (non-hydrogen) atoms. The maximum Gasteiger partial charge on any atom is 0.282 e. The van der Waals surface area contributed by atoms with Crippen LogP contribution in [0.2, 0.25) is 5.02 Å². The molecule has 1 saturated heterocycles. The number of likely N-dealkylation sites (tertiary alicyclic amines) is 1. The van der Waals surface area contributed by atoms with E-state index in [4.69, 9.17) is 16.3 Å². The molecule has 2 aromatic carbocycles. The first-order valence-electron chi connectivity index (χ1n) is 10.5. The number of rotatable bonds is 6. The Morgan fingerprint density at radius 1 is 1.10 bits per heavy atom. The highest BCUT2D eigenvalue weighted by atomic mass is 35.5. The third-order valence-electron chi connectivity index (χ3n) is 5.70. The van der Waals surface area contributed by atoms with Gasteiger partial charge in [-0.25, -0.2) is 4.90 Å². The molecule has 2 aliphatic heterocycles. The van der Waals surface area contributed by atoms with E-state index in [1.165, 1.54) is 0 Å². The Hall–Kier alpha value is -2.83. The summed E-state index contributed by atoms with van der Waals surface area (Å²) in [6.07, 6.45) is 1.74. The van der Waals surface area contributed by atoms with Crippen LogP contribution in [-0.4, -0.2) is 48.1 Å². The molecule has 0 spiro atoms. The van der Waals surface area contributed by atoms with Crippen molar-refractivity contribution < 1.29 is 19.4 Å². The molecule has 0 aliphatic carbocycles. The number of nitrogens with zero attached hydrogens (tertiary/aromatic N) is 2. The molecule has 7 heteroatoms. The molecule has 0 saturated carbocycles. The van der Waals surface area contributed by atoms with Gasteiger partial charge in [0.1, 0.15) is 11.4 Å². The second kappa shape index (κ2) is 9.12. The Morgan fingerprint density at radius 3 is 2.52 bits per heavy atom. The van der Waals surface area contributed by atoms with Crippen LogP contribution in [0.4, 0.5) is 5.69 Å². The zero-order valence-corrected chi connectivity index (χ0v) is 18.1. The third-order valence-corrected chi connectivity index (χ3v) is 6.02. The average molecular weight is 441 g/mol. The third kappa shape index (κ3) is 4.05. The molecule has 2 amide bonds. The van der Waals surface area contributed by atoms with Crippen LogP contribution in [0.3, 0.4) is 0 Å². The molecule has 2 aliphatic rings. The summed E-state index contributed by atoms with van der Waals surface area (Å²) in [5, 5.41) is 10.00. The number of piperidine rings is 1. The predicted molar refractivity (Wildman–Crippen MR) is 120 cm³/mol. The maximum absolute atomic E-state index is 13.6. The Balaban J connectivity index is 1.80. The standard InChI is InChI=1S/C24H25ClN2O4/c1-2-31-18-11-9-17(10-12-18)21-22(26-13-5-6-16(14-26)15-28)24(30)27(23(21)29)20-8-4-3-7-19(20)25/h3-4,7-12,16,28H,2,5-6,13-15H2,1H3. The van der Waals surface area contributed by atoms with Crippen LogP contribution >= 0.6 is 11.6 Å². The van der Waals surface area contributed by atoms with Gasteiger partial charge in [-0.2, -0.15) is 0 Å². The molecule has 2 aromatic rings. The van der Waals surface area contributed by atoms with Gasteiger partial charge in [-0.05, 0) is 55.5 Å². The molecule has 0 radical (unpaired) electrons. The first kappa shape index (κ1) is 21.4. The van der Waals surface area contributed by atoms with E-state index < -0.39 is 5.91 Å². The lowest BCUT2D eigenvalue weighted by Crippen LogP contribution is -2.40. The van der Waals surface area contributed by atoms with E-state index in [9.17, 15) is 14.7 Å². The van der Waals surface area contributed by atoms with Crippen molar-refractivity contribution in [3.8, 4) is 5.75 Å². The number of aliphatic hydroxyl groups is 1. The molecule has 162 valence electrons. The fourth-order valence-electron chi connectivity index (χ4n) is 4.23. The van der Waals surface area contributed by atoms with E-state index in [0.29, 0.717) is 53.0 Å². The number of imide groups is 1. The normalized spacial score (nSPS) is 19.4. The summed E-state index contributed by atoms with van der Waals surface area (Å²) in [7, 11) is 0. The fraction of sp³-hybridized carbons (Fsp3) is 0.333. The number of anilines is 1. The topological polar surface area (TPSA) is 70.1 Å². The van der Waals surface area contributed by atoms with Crippen molar-refractivity contribution >= 4 is 34.7 Å². The molecule has 6 nitrogen and oxygen atoms in total. The maximum atomic E-state index is 13.6. The van der Waals surface area contributed by atoms with E-state index >= 15 is 0 Å². The van der Waals surface area contributed by atoms with Crippen molar-refractivity contribution in [3.05, 3.63) is 64.8 Å². The van der Waals surface area contributed by atoms with Crippen LogP contribution in [-0.2, 0) is 9.59 Å². The molecular formula is C24H25ClN2O4. The van der Waals surface area contributed by atoms with Gasteiger partial charge >= 0.3 is 0 Å². The minimum absolute atomic E-state index is 0.0541. The number of amides is 2. The predicted octanol–water partition coefficient (Wildman–Crippen LogP) is 3.73. The van der Waals surface area contributed by atoms with Crippen molar-refractivity contribution in [3.63, 3.8) is 0 Å². The van der Waals surface area contributed by atoms with Gasteiger partial charge in [0, 0.05) is 19.7 Å². The Morgan fingerprint density at radius 2 is 1.84 bits per heavy atom. The highest BCUT2D eigenvalue weighted by Crippen LogP contribution is 2.39. The molecule has 1 unspecified atom stereocenters. The first-order valence-corrected chi connectivity index (χ1v) is 10.9. The Labute approximate surface area is 186 Å². The van der Waals surface area contributed by atoms with Crippen LogP contribution in [0.25, 0.3) is 5.57 Å². The minimum Gasteiger partial charge on any atom is -0.494 e. The van der Waals surface area contributed by atoms with Crippen molar-refractivity contribution in [2.24, 2.45) is 5.92 Å². The number of aliphatic hydroxyl groups excluding tert-OH is 1. The fourth-order valence-corrected chi connectivity index (χ4v) is 4.45. The number of hydrogen-bond acceptors (Lipinski definition) is 5. The first-order chi connectivity index (χ1) is 15.0. The molecule has 0 bridgehead atoms. The van der Waals surface area contributed by atoms with Gasteiger partial charge in [-0.1, -0.05) is 35.9 Å². The molecule has 0 aromatic heterocycles. The van der Waals surface area contributed by atoms with Gasteiger partial charge in [-0.3, -0.25) is 9.59 Å². The summed E-state index contributed by atoms with van der Waals surface area (Å²) in [4.78, 5) is 30.2. The van der Waals surface area contributed by atoms with Crippen molar-refractivity contribution in [2.45, 2.75) is 19.8 Å². The van der Waals surface area contributed by atoms with Crippen molar-refractivity contribution in [1.82, 2.24) is 4.90 Å². The lowest BCUT2D eigenvalue weighted by Gasteiger charge is -2.34. The zero-order chi connectivity index (χ0) is 22.0. The second-order valence-electron chi connectivity index (χ2n) is 7.71. The molecule has 1 fully saturated rings. The van der Waals surface area contributed by atoms with E-state index in [1.54, 1.807) is 48.5 Å². The quantitative estimate of drug-likeness (QED) is 0.693. The van der Waals surface area contributed by atoms with E-state index in [0.717, 1.165) is 17.7 Å². The summed E-state index contributed by atoms with van der Waals surface area (Å²) < 4.78 is 5.52. The molecule has 1 atom stereocenters. The zero-order valence-electron chi connectivity index (χ0n) is 17.4. The number of hydrogen-bond donors (Lipinski definition) is 1. The van der Waals surface area contributed by atoms with E-state index in [1.807, 2.05) is 11.8 Å². The van der Waals surface area contributed by atoms with Gasteiger partial charge in [0.2, 0.25) is 0 Å². The smallest absolute Gasteiger partial charge is 0.282 e. The highest BCUT2D eigenvalue weighted by molar-refractivity contribution is 6.47. The monoisotopic (exact) mass is 440 g/mol. The van der Waals surface area contributed by atoms with Gasteiger partial charge in [0.15, 0.2) is 0 Å². The number of ether oxygens (including phenoxy) is 1. The second-order valence-corrected chi connectivity index (χ2v) is 8.12. The summed E-state index contributed by atoms with van der Waals surface area (Å²) in [5.74, 6) is -0.0181. The lowest BCUT2D eigenvalue weighted by molar-refractivity contribution is -0.120. The van der Waals surface area contributed by atoms with Crippen molar-refractivity contribution in [1.29, 1.82) is 0 Å². The van der Waals surface area contributed by atoms with Crippen LogP contribution in [0, 0.1) is 5.92 Å². The lowest BCUT2D eigenvalue weighted by atomic mass is 9.97. The number of carbonyl (C=O) groups is 2. The van der Waals surface area contributed by atoms with Crippen LogP contribution in [0.1, 0.15) is 25.3 Å². The Kier molecular flexibility index (Phi) is 6.30. The van der Waals surface area contributed by atoms with Gasteiger partial charge in [-0.15, -0.1) is 0 Å². The largest absolute Gasteiger partial charge is 0.494 e. The van der Waals surface area contributed by atoms with E-state index in [2.05, 4.69) is 0 Å². The number of carbonyl (C=O) groups excluding carboxylic acids is 2. The molecule has 1 N–H and O–H groups in total. The highest BCUT2D eigenvalue weighted by Gasteiger charge is 2.43. The summed E-state index contributed by atoms with van der Waals surface area (Å²) in [5.41, 5.74) is 1.74. The van der Waals surface area contributed by atoms with Gasteiger partial charge < -0.3 is 14.7 Å². The molecule has 2 heterocycles. The average Bonchev–Trinajstić information content (AvgIpc) is 3.05. The summed E-state index contributed by atoms with van der Waals surface area (Å²) >= 11 is 6.34. The SMILES string of the molecule is CCOc1ccc(C2=C(N3CCCC(CO)C3)C(=O)N(c3ccccc3Cl)C2=O)cc1. The van der Waals surface area contributed by atoms with Gasteiger partial charge in [0.05, 0.1) is 22.9 Å². The Bertz CT molecular complexity index is 1020. The summed E-state index contributed by atoms with van der Waals surface area (Å²) in [6, 6.07) is 14.0. The summed E-state index contributed by atoms with van der Waals surface area (Å²) in [6.45, 7) is 3.69. The van der Waals surface area contributed by atoms with Crippen molar-refractivity contribution in [2.75, 3.05) is 31.2 Å². The minimum atomic E-state index is -0.400. The van der Waals surface area contributed by atoms with E-state index in [-0.39, 0.29) is 18.4 Å². The molecule has 4 rings (SSSR count). The van der Waals surface area contributed by atoms with Crippen LogP contribution in [0.5, 0.6) is 5.75 Å². The van der Waals surface area contributed by atoms with Crippen LogP contribution in [0.15, 0.2) is 54.2 Å². The molecular weight excluding hydrogens is 416 g/mol. The number of para-hydroxylation sites is 1.